The van der Waals surface area contributed by atoms with Crippen molar-refractivity contribution in [3.05, 3.63) is 38.9 Å². The second kappa shape index (κ2) is 5.79. The summed E-state index contributed by atoms with van der Waals surface area (Å²) in [7, 11) is 0. The first kappa shape index (κ1) is 14.6. The molecular weight excluding hydrogens is 376 g/mol. The molecule has 2 aromatic heterocycles. The van der Waals surface area contributed by atoms with Crippen LogP contribution in [0.4, 0.5) is 0 Å². The smallest absolute Gasteiger partial charge is 0.355 e. The summed E-state index contributed by atoms with van der Waals surface area (Å²) in [6.07, 6.45) is 1.70. The number of aromatic amines is 1. The number of thiazole rings is 1. The average molecular weight is 386 g/mol. The largest absolute Gasteiger partial charge is 0.461 e. The number of hydrogen-bond donors (Lipinski definition) is 1. The van der Waals surface area contributed by atoms with E-state index in [0.717, 1.165) is 25.9 Å². The van der Waals surface area contributed by atoms with Gasteiger partial charge in [0.25, 0.3) is 0 Å². The standard InChI is InChI=1S/C14H10BrClN2O2S/c1-2-20-14(19)12-11(13-17-3-4-21-13)7-5-9(16)8(15)6-10(7)18-12/h3-6,18H,2H2,1H3. The molecule has 0 saturated carbocycles. The van der Waals surface area contributed by atoms with Gasteiger partial charge in [-0.1, -0.05) is 11.6 Å². The third kappa shape index (κ3) is 2.59. The fourth-order valence-corrected chi connectivity index (χ4v) is 3.32. The van der Waals surface area contributed by atoms with Crippen molar-refractivity contribution in [3.63, 3.8) is 0 Å². The second-order valence-electron chi connectivity index (χ2n) is 4.24. The summed E-state index contributed by atoms with van der Waals surface area (Å²) in [6.45, 7) is 2.09. The van der Waals surface area contributed by atoms with Gasteiger partial charge < -0.3 is 9.72 Å². The highest BCUT2D eigenvalue weighted by atomic mass is 79.9. The molecule has 1 N–H and O–H groups in total. The van der Waals surface area contributed by atoms with Crippen LogP contribution in [0.15, 0.2) is 28.2 Å². The second-order valence-corrected chi connectivity index (χ2v) is 6.40. The lowest BCUT2D eigenvalue weighted by atomic mass is 10.1. The van der Waals surface area contributed by atoms with Crippen LogP contribution in [0.3, 0.4) is 0 Å². The van der Waals surface area contributed by atoms with Gasteiger partial charge in [0.05, 0.1) is 17.2 Å². The molecule has 4 nitrogen and oxygen atoms in total. The number of nitrogens with one attached hydrogen (secondary N) is 1. The highest BCUT2D eigenvalue weighted by molar-refractivity contribution is 9.10. The van der Waals surface area contributed by atoms with Gasteiger partial charge in [0, 0.05) is 27.0 Å². The molecule has 108 valence electrons. The number of nitrogens with zero attached hydrogens (tertiary/aromatic N) is 1. The number of carbonyl (C=O) groups excluding carboxylic acids is 1. The predicted octanol–water partition coefficient (Wildman–Crippen LogP) is 4.88. The van der Waals surface area contributed by atoms with E-state index in [1.54, 1.807) is 13.1 Å². The van der Waals surface area contributed by atoms with Crippen LogP contribution < -0.4 is 0 Å². The summed E-state index contributed by atoms with van der Waals surface area (Å²) in [5.41, 5.74) is 1.93. The maximum atomic E-state index is 12.2. The van der Waals surface area contributed by atoms with Gasteiger partial charge in [0.2, 0.25) is 0 Å². The monoisotopic (exact) mass is 384 g/mol. The van der Waals surface area contributed by atoms with Gasteiger partial charge in [-0.3, -0.25) is 0 Å². The van der Waals surface area contributed by atoms with Crippen molar-refractivity contribution in [3.8, 4) is 10.6 Å². The van der Waals surface area contributed by atoms with Gasteiger partial charge in [-0.2, -0.15) is 0 Å². The normalized spacial score (nSPS) is 11.0. The Balaban J connectivity index is 2.31. The summed E-state index contributed by atoms with van der Waals surface area (Å²) in [5.74, 6) is -0.397. The minimum atomic E-state index is -0.397. The molecule has 3 rings (SSSR count). The third-order valence-corrected chi connectivity index (χ3v) is 4.95. The van der Waals surface area contributed by atoms with Crippen LogP contribution >= 0.6 is 38.9 Å². The molecule has 0 aliphatic carbocycles. The highest BCUT2D eigenvalue weighted by Crippen LogP contribution is 2.37. The van der Waals surface area contributed by atoms with Gasteiger partial charge in [-0.15, -0.1) is 11.3 Å². The highest BCUT2D eigenvalue weighted by Gasteiger charge is 2.22. The lowest BCUT2D eigenvalue weighted by Crippen LogP contribution is -2.06. The van der Waals surface area contributed by atoms with E-state index in [-0.39, 0.29) is 0 Å². The Bertz CT molecular complexity index is 814. The van der Waals surface area contributed by atoms with E-state index >= 15 is 0 Å². The molecule has 1 aromatic carbocycles. The van der Waals surface area contributed by atoms with Crippen molar-refractivity contribution in [1.29, 1.82) is 0 Å². The topological polar surface area (TPSA) is 55.0 Å². The van der Waals surface area contributed by atoms with Gasteiger partial charge >= 0.3 is 5.97 Å². The molecule has 0 unspecified atom stereocenters. The van der Waals surface area contributed by atoms with E-state index < -0.39 is 5.97 Å². The fourth-order valence-electron chi connectivity index (χ4n) is 2.11. The number of fused-ring (bicyclic) bond motifs is 1. The summed E-state index contributed by atoms with van der Waals surface area (Å²) in [5, 5.41) is 4.04. The molecule has 0 radical (unpaired) electrons. The van der Waals surface area contributed by atoms with Crippen LogP contribution in [0.5, 0.6) is 0 Å². The molecule has 0 aliphatic rings. The number of rotatable bonds is 3. The van der Waals surface area contributed by atoms with Crippen molar-refractivity contribution >= 4 is 55.7 Å². The molecule has 3 aromatic rings. The molecule has 0 amide bonds. The van der Waals surface area contributed by atoms with E-state index in [1.807, 2.05) is 17.5 Å². The molecule has 0 bridgehead atoms. The quantitative estimate of drug-likeness (QED) is 0.653. The number of halogens is 2. The Labute approximate surface area is 138 Å². The Morgan fingerprint density at radius 1 is 1.52 bits per heavy atom. The molecule has 0 spiro atoms. The number of aromatic nitrogens is 2. The van der Waals surface area contributed by atoms with E-state index in [1.165, 1.54) is 11.3 Å². The minimum Gasteiger partial charge on any atom is -0.461 e. The summed E-state index contributed by atoms with van der Waals surface area (Å²) >= 11 is 11.0. The molecule has 7 heteroatoms. The maximum Gasteiger partial charge on any atom is 0.355 e. The first-order chi connectivity index (χ1) is 10.1. The number of hydrogen-bond acceptors (Lipinski definition) is 4. The lowest BCUT2D eigenvalue weighted by molar-refractivity contribution is 0.0521. The number of benzene rings is 1. The Kier molecular flexibility index (Phi) is 4.01. The Hall–Kier alpha value is -1.37. The van der Waals surface area contributed by atoms with Crippen molar-refractivity contribution in [2.24, 2.45) is 0 Å². The number of esters is 1. The molecule has 0 aliphatic heterocycles. The van der Waals surface area contributed by atoms with Crippen LogP contribution in [0.2, 0.25) is 5.02 Å². The Morgan fingerprint density at radius 2 is 2.33 bits per heavy atom. The van der Waals surface area contributed by atoms with Gasteiger partial charge in [0.1, 0.15) is 10.7 Å². The van der Waals surface area contributed by atoms with Crippen LogP contribution in [-0.2, 0) is 4.74 Å². The van der Waals surface area contributed by atoms with Crippen molar-refractivity contribution in [2.45, 2.75) is 6.92 Å². The first-order valence-corrected chi connectivity index (χ1v) is 8.24. The predicted molar refractivity (Wildman–Crippen MR) is 88.1 cm³/mol. The third-order valence-electron chi connectivity index (χ3n) is 2.97. The minimum absolute atomic E-state index is 0.315. The summed E-state index contributed by atoms with van der Waals surface area (Å²) < 4.78 is 5.88. The molecular formula is C14H10BrClN2O2S. The van der Waals surface area contributed by atoms with Crippen LogP contribution in [0.25, 0.3) is 21.5 Å². The summed E-state index contributed by atoms with van der Waals surface area (Å²) in [6, 6.07) is 3.66. The SMILES string of the molecule is CCOC(=O)c1[nH]c2cc(Br)c(Cl)cc2c1-c1nccs1. The van der Waals surface area contributed by atoms with Gasteiger partial charge in [-0.05, 0) is 35.0 Å². The zero-order valence-corrected chi connectivity index (χ0v) is 14.1. The lowest BCUT2D eigenvalue weighted by Gasteiger charge is -2.02. The van der Waals surface area contributed by atoms with E-state index in [0.29, 0.717) is 17.3 Å². The zero-order chi connectivity index (χ0) is 15.0. The van der Waals surface area contributed by atoms with Gasteiger partial charge in [-0.25, -0.2) is 9.78 Å². The molecule has 0 saturated heterocycles. The average Bonchev–Trinajstić information content (AvgIpc) is 3.06. The molecule has 0 atom stereocenters. The van der Waals surface area contributed by atoms with E-state index in [9.17, 15) is 4.79 Å². The van der Waals surface area contributed by atoms with Gasteiger partial charge in [0.15, 0.2) is 0 Å². The van der Waals surface area contributed by atoms with E-state index in [4.69, 9.17) is 16.3 Å². The van der Waals surface area contributed by atoms with Crippen molar-refractivity contribution in [2.75, 3.05) is 6.61 Å². The first-order valence-electron chi connectivity index (χ1n) is 6.19. The number of ether oxygens (including phenoxy) is 1. The van der Waals surface area contributed by atoms with Crippen LogP contribution in [-0.4, -0.2) is 22.5 Å². The number of carbonyl (C=O) groups is 1. The van der Waals surface area contributed by atoms with Crippen molar-refractivity contribution in [1.82, 2.24) is 9.97 Å². The molecule has 0 fully saturated rings. The van der Waals surface area contributed by atoms with Crippen LogP contribution in [0, 0.1) is 0 Å². The molecule has 2 heterocycles. The molecule has 21 heavy (non-hydrogen) atoms. The Morgan fingerprint density at radius 3 is 3.00 bits per heavy atom. The summed E-state index contributed by atoms with van der Waals surface area (Å²) in [4.78, 5) is 19.6. The van der Waals surface area contributed by atoms with Crippen LogP contribution in [0.1, 0.15) is 17.4 Å². The fraction of sp³-hybridized carbons (Fsp3) is 0.143. The maximum absolute atomic E-state index is 12.2. The number of H-pyrrole nitrogens is 1. The van der Waals surface area contributed by atoms with Crippen molar-refractivity contribution < 1.29 is 9.53 Å². The van der Waals surface area contributed by atoms with E-state index in [2.05, 4.69) is 25.9 Å². The zero-order valence-electron chi connectivity index (χ0n) is 10.9.